The molecule has 218 valence electrons. The van der Waals surface area contributed by atoms with Crippen molar-refractivity contribution in [1.82, 2.24) is 20.9 Å². The van der Waals surface area contributed by atoms with Crippen molar-refractivity contribution in [2.24, 2.45) is 23.2 Å². The number of carbonyl (C=O) groups is 5. The Morgan fingerprint density at radius 1 is 1.02 bits per heavy atom. The van der Waals surface area contributed by atoms with E-state index in [1.807, 2.05) is 65.0 Å². The Balaban J connectivity index is 1.79. The van der Waals surface area contributed by atoms with Crippen LogP contribution in [0.5, 0.6) is 0 Å². The highest BCUT2D eigenvalue weighted by Gasteiger charge is 2.47. The number of rotatable bonds is 12. The Morgan fingerprint density at radius 3 is 2.23 bits per heavy atom. The largest absolute Gasteiger partial charge is 0.345 e. The van der Waals surface area contributed by atoms with Gasteiger partial charge in [0.1, 0.15) is 12.1 Å². The van der Waals surface area contributed by atoms with Crippen LogP contribution < -0.4 is 16.0 Å². The fraction of sp³-hybridized carbons (Fsp3) is 0.581. The van der Waals surface area contributed by atoms with Gasteiger partial charge in [-0.2, -0.15) is 0 Å². The predicted molar refractivity (Wildman–Crippen MR) is 153 cm³/mol. The topological polar surface area (TPSA) is 125 Å². The van der Waals surface area contributed by atoms with Gasteiger partial charge >= 0.3 is 0 Å². The van der Waals surface area contributed by atoms with Gasteiger partial charge in [-0.3, -0.25) is 24.0 Å². The van der Waals surface area contributed by atoms with Gasteiger partial charge in [0, 0.05) is 13.1 Å². The number of Topliss-reactive ketones (excluding diaryl/α,β-unsaturated/α-hetero) is 1. The average molecular weight is 553 g/mol. The first kappa shape index (κ1) is 31.0. The van der Waals surface area contributed by atoms with Crippen LogP contribution in [0.3, 0.4) is 0 Å². The molecule has 40 heavy (non-hydrogen) atoms. The van der Waals surface area contributed by atoms with Crippen molar-refractivity contribution in [3.8, 4) is 0 Å². The molecule has 1 saturated heterocycles. The van der Waals surface area contributed by atoms with E-state index in [4.69, 9.17) is 0 Å². The Kier molecular flexibility index (Phi) is 10.3. The minimum atomic E-state index is -0.972. The summed E-state index contributed by atoms with van der Waals surface area (Å²) >= 11 is 0. The molecular formula is C31H44N4O5. The third-order valence-electron chi connectivity index (χ3n) is 7.86. The van der Waals surface area contributed by atoms with Crippen molar-refractivity contribution >= 4 is 29.4 Å². The Hall–Kier alpha value is -3.49. The molecule has 9 heteroatoms. The van der Waals surface area contributed by atoms with Crippen LogP contribution in [0.1, 0.15) is 65.9 Å². The number of nitrogens with one attached hydrogen (secondary N) is 3. The molecule has 9 nitrogen and oxygen atoms in total. The second-order valence-corrected chi connectivity index (χ2v) is 12.5. The van der Waals surface area contributed by atoms with Crippen molar-refractivity contribution in [3.63, 3.8) is 0 Å². The molecule has 1 aliphatic heterocycles. The van der Waals surface area contributed by atoms with E-state index in [1.54, 1.807) is 0 Å². The lowest BCUT2D eigenvalue weighted by molar-refractivity contribution is -0.145. The molecule has 0 bridgehead atoms. The molecule has 1 aromatic carbocycles. The fourth-order valence-electron chi connectivity index (χ4n) is 5.31. The summed E-state index contributed by atoms with van der Waals surface area (Å²) in [6, 6.07) is 6.63. The average Bonchev–Trinajstić information content (AvgIpc) is 3.61. The highest BCUT2D eigenvalue weighted by atomic mass is 16.2. The lowest BCUT2D eigenvalue weighted by atomic mass is 9.84. The van der Waals surface area contributed by atoms with E-state index in [-0.39, 0.29) is 30.2 Å². The Morgan fingerprint density at radius 2 is 1.68 bits per heavy atom. The van der Waals surface area contributed by atoms with Crippen molar-refractivity contribution in [2.45, 2.75) is 85.0 Å². The second kappa shape index (κ2) is 13.2. The molecule has 2 unspecified atom stereocenters. The van der Waals surface area contributed by atoms with Gasteiger partial charge in [-0.15, -0.1) is 0 Å². The number of likely N-dealkylation sites (tertiary alicyclic amines) is 1. The molecule has 1 aliphatic carbocycles. The summed E-state index contributed by atoms with van der Waals surface area (Å²) in [6.45, 7) is 13.6. The number of hydrogen-bond acceptors (Lipinski definition) is 5. The molecule has 0 radical (unpaired) electrons. The summed E-state index contributed by atoms with van der Waals surface area (Å²) < 4.78 is 0. The lowest BCUT2D eigenvalue weighted by Gasteiger charge is -2.37. The molecule has 1 aromatic rings. The van der Waals surface area contributed by atoms with Crippen molar-refractivity contribution in [3.05, 3.63) is 48.6 Å². The van der Waals surface area contributed by atoms with E-state index in [9.17, 15) is 24.0 Å². The van der Waals surface area contributed by atoms with Crippen LogP contribution in [0.25, 0.3) is 0 Å². The first-order chi connectivity index (χ1) is 18.8. The fourth-order valence-corrected chi connectivity index (χ4v) is 5.31. The van der Waals surface area contributed by atoms with E-state index >= 15 is 0 Å². The monoisotopic (exact) mass is 552 g/mol. The van der Waals surface area contributed by atoms with E-state index in [0.717, 1.165) is 24.5 Å². The van der Waals surface area contributed by atoms with Crippen molar-refractivity contribution in [1.29, 1.82) is 0 Å². The summed E-state index contributed by atoms with van der Waals surface area (Å²) in [7, 11) is 0. The van der Waals surface area contributed by atoms with Gasteiger partial charge in [0.15, 0.2) is 0 Å². The van der Waals surface area contributed by atoms with Gasteiger partial charge < -0.3 is 20.9 Å². The molecule has 1 saturated carbocycles. The molecule has 4 amide bonds. The normalized spacial score (nSPS) is 20.4. The number of carbonyl (C=O) groups excluding carboxylic acids is 5. The van der Waals surface area contributed by atoms with Crippen LogP contribution in [0.15, 0.2) is 43.0 Å². The predicted octanol–water partition coefficient (Wildman–Crippen LogP) is 2.75. The number of nitrogens with zero attached hydrogens (tertiary/aromatic N) is 1. The van der Waals surface area contributed by atoms with Gasteiger partial charge in [-0.05, 0) is 47.6 Å². The number of amides is 4. The van der Waals surface area contributed by atoms with Crippen LogP contribution in [0.2, 0.25) is 0 Å². The summed E-state index contributed by atoms with van der Waals surface area (Å²) in [6.07, 6.45) is 4.02. The van der Waals surface area contributed by atoms with E-state index < -0.39 is 47.0 Å². The maximum atomic E-state index is 13.9. The van der Waals surface area contributed by atoms with Crippen molar-refractivity contribution in [2.75, 3.05) is 6.54 Å². The SMILES string of the molecule is C=CC(=O)N[C@H](C(=O)N1CCC(C(C)C)[C@H]1C(=O)NC(CC1CC1)C(=O)C(=O)NCc1ccccc1)C(C)(C)C. The summed E-state index contributed by atoms with van der Waals surface area (Å²) in [5.74, 6) is -2.45. The van der Waals surface area contributed by atoms with E-state index in [2.05, 4.69) is 22.5 Å². The molecule has 0 aromatic heterocycles. The zero-order valence-corrected chi connectivity index (χ0v) is 24.4. The smallest absolute Gasteiger partial charge is 0.289 e. The maximum Gasteiger partial charge on any atom is 0.289 e. The zero-order valence-electron chi connectivity index (χ0n) is 24.4. The Bertz CT molecular complexity index is 1110. The van der Waals surface area contributed by atoms with Crippen molar-refractivity contribution < 1.29 is 24.0 Å². The zero-order chi connectivity index (χ0) is 29.6. The first-order valence-electron chi connectivity index (χ1n) is 14.2. The lowest BCUT2D eigenvalue weighted by Crippen LogP contribution is -2.60. The summed E-state index contributed by atoms with van der Waals surface area (Å²) in [5.41, 5.74) is 0.247. The molecule has 3 rings (SSSR count). The number of hydrogen-bond donors (Lipinski definition) is 3. The standard InChI is InChI=1S/C31H44N4O5/c1-7-24(36)34-27(31(4,5)6)30(40)35-16-15-22(19(2)3)25(35)28(38)33-23(17-20-13-14-20)26(37)29(39)32-18-21-11-9-8-10-12-21/h7-12,19-20,22-23,25,27H,1,13-18H2,2-6H3,(H,32,39)(H,33,38)(H,34,36)/t22?,23?,25-,27+/m0/s1. The van der Waals surface area contributed by atoms with Gasteiger partial charge in [0.25, 0.3) is 5.91 Å². The maximum absolute atomic E-state index is 13.9. The minimum absolute atomic E-state index is 0.0937. The highest BCUT2D eigenvalue weighted by Crippen LogP contribution is 2.35. The van der Waals surface area contributed by atoms with Gasteiger partial charge in [-0.25, -0.2) is 0 Å². The summed E-state index contributed by atoms with van der Waals surface area (Å²) in [5, 5.41) is 8.27. The number of ketones is 1. The number of benzene rings is 1. The first-order valence-corrected chi connectivity index (χ1v) is 14.2. The Labute approximate surface area is 237 Å². The molecule has 4 atom stereocenters. The summed E-state index contributed by atoms with van der Waals surface area (Å²) in [4.78, 5) is 67.4. The van der Waals surface area contributed by atoms with E-state index in [1.165, 1.54) is 4.90 Å². The molecule has 1 heterocycles. The molecule has 2 fully saturated rings. The second-order valence-electron chi connectivity index (χ2n) is 12.5. The van der Waals surface area contributed by atoms with Crippen LogP contribution in [0.4, 0.5) is 0 Å². The van der Waals surface area contributed by atoms with E-state index in [0.29, 0.717) is 19.4 Å². The molecular weight excluding hydrogens is 508 g/mol. The molecule has 0 spiro atoms. The molecule has 3 N–H and O–H groups in total. The minimum Gasteiger partial charge on any atom is -0.345 e. The van der Waals surface area contributed by atoms with Gasteiger partial charge in [0.05, 0.1) is 6.04 Å². The van der Waals surface area contributed by atoms with Crippen LogP contribution >= 0.6 is 0 Å². The quantitative estimate of drug-likeness (QED) is 0.272. The van der Waals surface area contributed by atoms with Gasteiger partial charge in [-0.1, -0.05) is 84.4 Å². The third kappa shape index (κ3) is 8.02. The third-order valence-corrected chi connectivity index (χ3v) is 7.86. The van der Waals surface area contributed by atoms with Crippen LogP contribution in [-0.4, -0.2) is 59.0 Å². The van der Waals surface area contributed by atoms with Gasteiger partial charge in [0.2, 0.25) is 23.5 Å². The van der Waals surface area contributed by atoms with Crippen LogP contribution in [0, 0.1) is 23.2 Å². The molecule has 2 aliphatic rings. The highest BCUT2D eigenvalue weighted by molar-refractivity contribution is 6.38. The van der Waals surface area contributed by atoms with Crippen LogP contribution in [-0.2, 0) is 30.5 Å².